The van der Waals surface area contributed by atoms with Gasteiger partial charge in [-0.15, -0.1) is 0 Å². The molecule has 2 N–H and O–H groups in total. The van der Waals surface area contributed by atoms with Crippen LogP contribution in [0.1, 0.15) is 17.2 Å². The first kappa shape index (κ1) is 15.4. The fraction of sp³-hybridized carbons (Fsp3) is 0.250. The van der Waals surface area contributed by atoms with E-state index < -0.39 is 11.9 Å². The number of rotatable bonds is 6. The van der Waals surface area contributed by atoms with Crippen molar-refractivity contribution >= 4 is 0 Å². The van der Waals surface area contributed by atoms with Gasteiger partial charge in [-0.2, -0.15) is 0 Å². The molecule has 2 aromatic rings. The molecule has 3 nitrogen and oxygen atoms in total. The molecule has 0 aromatic heterocycles. The molecule has 1 unspecified atom stereocenters. The molecule has 0 aliphatic rings. The number of benzene rings is 2. The standard InChI is InChI=1S/C16H17F2NO2/c1-20-16-7-6-11(8-14(16)18)15(19)10-21-9-12-4-2-3-5-13(12)17/h2-8,15H,9-10,19H2,1H3. The van der Waals surface area contributed by atoms with Crippen LogP contribution in [-0.4, -0.2) is 13.7 Å². The van der Waals surface area contributed by atoms with Gasteiger partial charge in [-0.25, -0.2) is 8.78 Å². The summed E-state index contributed by atoms with van der Waals surface area (Å²) in [7, 11) is 1.40. The lowest BCUT2D eigenvalue weighted by Gasteiger charge is -2.14. The Hall–Kier alpha value is -1.98. The molecule has 0 aliphatic heterocycles. The first-order valence-corrected chi connectivity index (χ1v) is 6.52. The molecule has 0 bridgehead atoms. The van der Waals surface area contributed by atoms with Gasteiger partial charge in [0.15, 0.2) is 11.6 Å². The van der Waals surface area contributed by atoms with E-state index in [1.165, 1.54) is 25.3 Å². The second kappa shape index (κ2) is 7.15. The van der Waals surface area contributed by atoms with Crippen LogP contribution in [0.4, 0.5) is 8.78 Å². The molecule has 0 saturated heterocycles. The van der Waals surface area contributed by atoms with E-state index in [4.69, 9.17) is 15.2 Å². The van der Waals surface area contributed by atoms with Crippen LogP contribution in [-0.2, 0) is 11.3 Å². The maximum Gasteiger partial charge on any atom is 0.165 e. The Morgan fingerprint density at radius 2 is 1.86 bits per heavy atom. The highest BCUT2D eigenvalue weighted by Crippen LogP contribution is 2.21. The second-order valence-corrected chi connectivity index (χ2v) is 4.61. The van der Waals surface area contributed by atoms with Gasteiger partial charge in [0, 0.05) is 5.56 Å². The number of nitrogens with two attached hydrogens (primary N) is 1. The van der Waals surface area contributed by atoms with Gasteiger partial charge in [-0.3, -0.25) is 0 Å². The van der Waals surface area contributed by atoms with Crippen LogP contribution in [0.5, 0.6) is 5.75 Å². The topological polar surface area (TPSA) is 44.5 Å². The Morgan fingerprint density at radius 1 is 1.10 bits per heavy atom. The third-order valence-electron chi connectivity index (χ3n) is 3.12. The number of methoxy groups -OCH3 is 1. The van der Waals surface area contributed by atoms with Crippen molar-refractivity contribution in [2.75, 3.05) is 13.7 Å². The van der Waals surface area contributed by atoms with Crippen LogP contribution in [0.15, 0.2) is 42.5 Å². The summed E-state index contributed by atoms with van der Waals surface area (Å²) in [5.41, 5.74) is 6.99. The van der Waals surface area contributed by atoms with Crippen molar-refractivity contribution in [3.8, 4) is 5.75 Å². The zero-order valence-corrected chi connectivity index (χ0v) is 11.7. The lowest BCUT2D eigenvalue weighted by atomic mass is 10.1. The summed E-state index contributed by atoms with van der Waals surface area (Å²) in [6.45, 7) is 0.291. The normalized spacial score (nSPS) is 12.2. The summed E-state index contributed by atoms with van der Waals surface area (Å²) in [4.78, 5) is 0. The van der Waals surface area contributed by atoms with Crippen molar-refractivity contribution in [3.63, 3.8) is 0 Å². The SMILES string of the molecule is COc1ccc(C(N)COCc2ccccc2F)cc1F. The molecule has 2 aromatic carbocycles. The lowest BCUT2D eigenvalue weighted by Crippen LogP contribution is -2.17. The zero-order valence-electron chi connectivity index (χ0n) is 11.7. The van der Waals surface area contributed by atoms with Crippen molar-refractivity contribution in [2.24, 2.45) is 5.73 Å². The minimum atomic E-state index is -0.489. The molecule has 0 amide bonds. The second-order valence-electron chi connectivity index (χ2n) is 4.61. The number of halogens is 2. The van der Waals surface area contributed by atoms with Crippen molar-refractivity contribution in [2.45, 2.75) is 12.6 Å². The van der Waals surface area contributed by atoms with Crippen LogP contribution in [0.2, 0.25) is 0 Å². The summed E-state index contributed by atoms with van der Waals surface area (Å²) in [6.07, 6.45) is 0. The molecule has 1 atom stereocenters. The van der Waals surface area contributed by atoms with Gasteiger partial charge >= 0.3 is 0 Å². The van der Waals surface area contributed by atoms with Crippen LogP contribution in [0.3, 0.4) is 0 Å². The van der Waals surface area contributed by atoms with Crippen molar-refractivity contribution in [1.29, 1.82) is 0 Å². The van der Waals surface area contributed by atoms with E-state index in [0.717, 1.165) is 0 Å². The molecule has 21 heavy (non-hydrogen) atoms. The summed E-state index contributed by atoms with van der Waals surface area (Å²) in [5.74, 6) is -0.626. The number of hydrogen-bond acceptors (Lipinski definition) is 3. The first-order chi connectivity index (χ1) is 10.1. The Bertz CT molecular complexity index is 605. The fourth-order valence-electron chi connectivity index (χ4n) is 1.92. The molecule has 0 spiro atoms. The smallest absolute Gasteiger partial charge is 0.165 e. The highest BCUT2D eigenvalue weighted by Gasteiger charge is 2.11. The summed E-state index contributed by atoms with van der Waals surface area (Å²) in [5, 5.41) is 0. The summed E-state index contributed by atoms with van der Waals surface area (Å²) >= 11 is 0. The number of hydrogen-bond donors (Lipinski definition) is 1. The minimum absolute atomic E-state index is 0.124. The third kappa shape index (κ3) is 4.00. The minimum Gasteiger partial charge on any atom is -0.494 e. The molecule has 0 heterocycles. The Labute approximate surface area is 122 Å². The monoisotopic (exact) mass is 293 g/mol. The van der Waals surface area contributed by atoms with Crippen molar-refractivity contribution < 1.29 is 18.3 Å². The molecule has 0 saturated carbocycles. The average molecular weight is 293 g/mol. The van der Waals surface area contributed by atoms with Gasteiger partial charge in [0.1, 0.15) is 5.82 Å². The van der Waals surface area contributed by atoms with Crippen LogP contribution in [0.25, 0.3) is 0 Å². The fourth-order valence-corrected chi connectivity index (χ4v) is 1.92. The molecule has 5 heteroatoms. The maximum atomic E-state index is 13.6. The molecular weight excluding hydrogens is 276 g/mol. The van der Waals surface area contributed by atoms with Gasteiger partial charge in [0.2, 0.25) is 0 Å². The molecular formula is C16H17F2NO2. The van der Waals surface area contributed by atoms with E-state index in [-0.39, 0.29) is 24.8 Å². The molecule has 0 radical (unpaired) electrons. The first-order valence-electron chi connectivity index (χ1n) is 6.52. The van der Waals surface area contributed by atoms with E-state index in [1.807, 2.05) is 0 Å². The van der Waals surface area contributed by atoms with E-state index in [9.17, 15) is 8.78 Å². The van der Waals surface area contributed by atoms with Gasteiger partial charge in [-0.05, 0) is 23.8 Å². The molecule has 112 valence electrons. The molecule has 0 fully saturated rings. The Balaban J connectivity index is 1.91. The number of ether oxygens (including phenoxy) is 2. The van der Waals surface area contributed by atoms with Crippen LogP contribution < -0.4 is 10.5 Å². The molecule has 0 aliphatic carbocycles. The van der Waals surface area contributed by atoms with E-state index in [1.54, 1.807) is 24.3 Å². The van der Waals surface area contributed by atoms with Crippen molar-refractivity contribution in [1.82, 2.24) is 0 Å². The third-order valence-corrected chi connectivity index (χ3v) is 3.12. The van der Waals surface area contributed by atoms with E-state index in [2.05, 4.69) is 0 Å². The van der Waals surface area contributed by atoms with Gasteiger partial charge in [-0.1, -0.05) is 24.3 Å². The largest absolute Gasteiger partial charge is 0.494 e. The zero-order chi connectivity index (χ0) is 15.2. The van der Waals surface area contributed by atoms with Gasteiger partial charge < -0.3 is 15.2 Å². The van der Waals surface area contributed by atoms with Gasteiger partial charge in [0.25, 0.3) is 0 Å². The van der Waals surface area contributed by atoms with E-state index in [0.29, 0.717) is 11.1 Å². The quantitative estimate of drug-likeness (QED) is 0.889. The Morgan fingerprint density at radius 3 is 2.52 bits per heavy atom. The highest BCUT2D eigenvalue weighted by molar-refractivity contribution is 5.30. The van der Waals surface area contributed by atoms with Gasteiger partial charge in [0.05, 0.1) is 26.4 Å². The summed E-state index contributed by atoms with van der Waals surface area (Å²) < 4.78 is 37.2. The van der Waals surface area contributed by atoms with Crippen LogP contribution in [0, 0.1) is 11.6 Å². The summed E-state index contributed by atoms with van der Waals surface area (Å²) in [6, 6.07) is 10.4. The predicted molar refractivity (Wildman–Crippen MR) is 75.9 cm³/mol. The maximum absolute atomic E-state index is 13.6. The highest BCUT2D eigenvalue weighted by atomic mass is 19.1. The average Bonchev–Trinajstić information content (AvgIpc) is 2.49. The predicted octanol–water partition coefficient (Wildman–Crippen LogP) is 3.19. The van der Waals surface area contributed by atoms with E-state index >= 15 is 0 Å². The Kier molecular flexibility index (Phi) is 5.25. The molecule has 2 rings (SSSR count). The van der Waals surface area contributed by atoms with Crippen LogP contribution >= 0.6 is 0 Å². The lowest BCUT2D eigenvalue weighted by molar-refractivity contribution is 0.106. The van der Waals surface area contributed by atoms with Crippen molar-refractivity contribution in [3.05, 3.63) is 65.2 Å².